The molecule has 0 bridgehead atoms. The number of rotatable bonds is 3. The summed E-state index contributed by atoms with van der Waals surface area (Å²) in [6.07, 6.45) is 0. The molecule has 0 atom stereocenters. The molecule has 19 heavy (non-hydrogen) atoms. The molecule has 0 saturated carbocycles. The molecule has 2 rings (SSSR count). The van der Waals surface area contributed by atoms with Gasteiger partial charge in [0.2, 0.25) is 0 Å². The Labute approximate surface area is 107 Å². The molecule has 2 nitrogen and oxygen atoms in total. The lowest BCUT2D eigenvalue weighted by Crippen LogP contribution is -1.99. The number of benzene rings is 2. The van der Waals surface area contributed by atoms with Gasteiger partial charge in [-0.3, -0.25) is 0 Å². The van der Waals surface area contributed by atoms with Crippen molar-refractivity contribution in [1.29, 1.82) is 5.26 Å². The van der Waals surface area contributed by atoms with Gasteiger partial charge in [0.05, 0.1) is 5.56 Å². The smallest absolute Gasteiger partial charge is 0.144 e. The molecule has 0 N–H and O–H groups in total. The molecule has 0 heterocycles. The van der Waals surface area contributed by atoms with Crippen LogP contribution in [0.3, 0.4) is 0 Å². The molecular formula is C14H8F3NO. The molecule has 5 heteroatoms. The minimum atomic E-state index is -0.728. The largest absolute Gasteiger partial charge is 0.489 e. The minimum Gasteiger partial charge on any atom is -0.489 e. The zero-order valence-electron chi connectivity index (χ0n) is 9.66. The van der Waals surface area contributed by atoms with Crippen LogP contribution in [0.4, 0.5) is 13.2 Å². The fourth-order valence-corrected chi connectivity index (χ4v) is 1.48. The maximum atomic E-state index is 13.3. The van der Waals surface area contributed by atoms with Crippen molar-refractivity contribution in [2.75, 3.05) is 0 Å². The number of ether oxygens (including phenoxy) is 1. The summed E-state index contributed by atoms with van der Waals surface area (Å²) in [5.74, 6) is -1.94. The minimum absolute atomic E-state index is 0.0969. The second-order valence-corrected chi connectivity index (χ2v) is 3.78. The Balaban J connectivity index is 2.10. The van der Waals surface area contributed by atoms with Crippen molar-refractivity contribution >= 4 is 0 Å². The first-order chi connectivity index (χ1) is 9.10. The van der Waals surface area contributed by atoms with Crippen molar-refractivity contribution in [2.24, 2.45) is 0 Å². The number of hydrogen-bond donors (Lipinski definition) is 0. The van der Waals surface area contributed by atoms with E-state index in [9.17, 15) is 13.2 Å². The molecule has 0 fully saturated rings. The maximum Gasteiger partial charge on any atom is 0.144 e. The van der Waals surface area contributed by atoms with Crippen molar-refractivity contribution in [3.63, 3.8) is 0 Å². The molecule has 2 aromatic rings. The normalized spacial score (nSPS) is 10.0. The molecule has 0 aromatic heterocycles. The second-order valence-electron chi connectivity index (χ2n) is 3.78. The summed E-state index contributed by atoms with van der Waals surface area (Å²) in [6.45, 7) is -0.155. The molecule has 0 aliphatic heterocycles. The van der Waals surface area contributed by atoms with Gasteiger partial charge in [0.15, 0.2) is 0 Å². The van der Waals surface area contributed by atoms with Crippen LogP contribution in [0.5, 0.6) is 5.75 Å². The van der Waals surface area contributed by atoms with E-state index in [1.165, 1.54) is 18.2 Å². The standard InChI is InChI=1S/C14H8F3NO/c15-11-3-1-10(13(16)5-11)8-19-12-4-2-9(7-18)14(17)6-12/h1-6H,8H2. The summed E-state index contributed by atoms with van der Waals surface area (Å²) in [7, 11) is 0. The summed E-state index contributed by atoms with van der Waals surface area (Å²) in [5, 5.41) is 8.56. The van der Waals surface area contributed by atoms with Gasteiger partial charge in [-0.05, 0) is 24.3 Å². The molecule has 0 aliphatic rings. The molecule has 96 valence electrons. The van der Waals surface area contributed by atoms with Crippen molar-refractivity contribution in [3.05, 3.63) is 65.0 Å². The predicted molar refractivity (Wildman–Crippen MR) is 61.8 cm³/mol. The number of nitriles is 1. The van der Waals surface area contributed by atoms with Gasteiger partial charge in [-0.15, -0.1) is 0 Å². The van der Waals surface area contributed by atoms with E-state index in [1.54, 1.807) is 6.07 Å². The fraction of sp³-hybridized carbons (Fsp3) is 0.0714. The van der Waals surface area contributed by atoms with E-state index in [-0.39, 0.29) is 23.5 Å². The van der Waals surface area contributed by atoms with Gasteiger partial charge in [-0.25, -0.2) is 13.2 Å². The highest BCUT2D eigenvalue weighted by atomic mass is 19.1. The fourth-order valence-electron chi connectivity index (χ4n) is 1.48. The second kappa shape index (κ2) is 5.44. The quantitative estimate of drug-likeness (QED) is 0.848. The van der Waals surface area contributed by atoms with Crippen molar-refractivity contribution < 1.29 is 17.9 Å². The van der Waals surface area contributed by atoms with Crippen molar-refractivity contribution in [2.45, 2.75) is 6.61 Å². The van der Waals surface area contributed by atoms with Gasteiger partial charge in [0.1, 0.15) is 35.9 Å². The van der Waals surface area contributed by atoms with E-state index >= 15 is 0 Å². The zero-order chi connectivity index (χ0) is 13.8. The van der Waals surface area contributed by atoms with Gasteiger partial charge < -0.3 is 4.74 Å². The average molecular weight is 263 g/mol. The molecule has 0 aliphatic carbocycles. The first-order valence-corrected chi connectivity index (χ1v) is 5.36. The lowest BCUT2D eigenvalue weighted by Gasteiger charge is -2.07. The van der Waals surface area contributed by atoms with Crippen LogP contribution in [0, 0.1) is 28.8 Å². The summed E-state index contributed by atoms with van der Waals surface area (Å²) in [5.41, 5.74) is 0.0616. The highest BCUT2D eigenvalue weighted by Crippen LogP contribution is 2.18. The summed E-state index contributed by atoms with van der Waals surface area (Å²) in [4.78, 5) is 0. The van der Waals surface area contributed by atoms with Crippen molar-refractivity contribution in [3.8, 4) is 11.8 Å². The van der Waals surface area contributed by atoms with Crippen LogP contribution in [0.2, 0.25) is 0 Å². The van der Waals surface area contributed by atoms with Crippen LogP contribution in [0.15, 0.2) is 36.4 Å². The molecule has 0 spiro atoms. The molecule has 0 radical (unpaired) electrons. The van der Waals surface area contributed by atoms with E-state index in [4.69, 9.17) is 10.00 Å². The number of nitrogens with zero attached hydrogens (tertiary/aromatic N) is 1. The SMILES string of the molecule is N#Cc1ccc(OCc2ccc(F)cc2F)cc1F. The summed E-state index contributed by atoms with van der Waals surface area (Å²) < 4.78 is 44.5. The Hall–Kier alpha value is -2.48. The van der Waals surface area contributed by atoms with Crippen molar-refractivity contribution in [1.82, 2.24) is 0 Å². The number of halogens is 3. The molecule has 2 aromatic carbocycles. The van der Waals surface area contributed by atoms with E-state index in [1.807, 2.05) is 0 Å². The first-order valence-electron chi connectivity index (χ1n) is 5.36. The predicted octanol–water partition coefficient (Wildman–Crippen LogP) is 3.55. The third kappa shape index (κ3) is 3.05. The average Bonchev–Trinajstić information content (AvgIpc) is 2.38. The Morgan fingerprint density at radius 1 is 1.00 bits per heavy atom. The van der Waals surface area contributed by atoms with E-state index < -0.39 is 17.5 Å². The highest BCUT2D eigenvalue weighted by Gasteiger charge is 2.07. The van der Waals surface area contributed by atoms with Crippen LogP contribution in [0.1, 0.15) is 11.1 Å². The van der Waals surface area contributed by atoms with Crippen LogP contribution in [-0.2, 0) is 6.61 Å². The monoisotopic (exact) mass is 263 g/mol. The van der Waals surface area contributed by atoms with Gasteiger partial charge in [0.25, 0.3) is 0 Å². The van der Waals surface area contributed by atoms with Gasteiger partial charge in [0, 0.05) is 17.7 Å². The van der Waals surface area contributed by atoms with Crippen LogP contribution in [-0.4, -0.2) is 0 Å². The Morgan fingerprint density at radius 3 is 2.42 bits per heavy atom. The summed E-state index contributed by atoms with van der Waals surface area (Å²) in [6, 6.07) is 8.51. The van der Waals surface area contributed by atoms with Crippen LogP contribution < -0.4 is 4.74 Å². The van der Waals surface area contributed by atoms with Crippen LogP contribution >= 0.6 is 0 Å². The maximum absolute atomic E-state index is 13.3. The molecular weight excluding hydrogens is 255 g/mol. The third-order valence-corrected chi connectivity index (χ3v) is 2.47. The highest BCUT2D eigenvalue weighted by molar-refractivity contribution is 5.36. The topological polar surface area (TPSA) is 33.0 Å². The lowest BCUT2D eigenvalue weighted by molar-refractivity contribution is 0.298. The van der Waals surface area contributed by atoms with Gasteiger partial charge >= 0.3 is 0 Å². The zero-order valence-corrected chi connectivity index (χ0v) is 9.66. The lowest BCUT2D eigenvalue weighted by atomic mass is 10.2. The van der Waals surface area contributed by atoms with Gasteiger partial charge in [-0.1, -0.05) is 0 Å². The Morgan fingerprint density at radius 2 is 1.79 bits per heavy atom. The van der Waals surface area contributed by atoms with E-state index in [0.717, 1.165) is 18.2 Å². The Kier molecular flexibility index (Phi) is 3.71. The molecule has 0 saturated heterocycles. The van der Waals surface area contributed by atoms with E-state index in [0.29, 0.717) is 0 Å². The van der Waals surface area contributed by atoms with Gasteiger partial charge in [-0.2, -0.15) is 5.26 Å². The third-order valence-electron chi connectivity index (χ3n) is 2.47. The summed E-state index contributed by atoms with van der Waals surface area (Å²) >= 11 is 0. The van der Waals surface area contributed by atoms with Crippen LogP contribution in [0.25, 0.3) is 0 Å². The number of hydrogen-bond acceptors (Lipinski definition) is 2. The molecule has 0 amide bonds. The van der Waals surface area contributed by atoms with E-state index in [2.05, 4.69) is 0 Å². The first kappa shape index (κ1) is 13.0. The Bertz CT molecular complexity index is 650. The molecule has 0 unspecified atom stereocenters.